The highest BCUT2D eigenvalue weighted by Crippen LogP contribution is 2.24. The zero-order valence-electron chi connectivity index (χ0n) is 20.4. The van der Waals surface area contributed by atoms with Crippen LogP contribution in [0.1, 0.15) is 72.9 Å². The average molecular weight is 450 g/mol. The lowest BCUT2D eigenvalue weighted by atomic mass is 10.0. The lowest BCUT2D eigenvalue weighted by Gasteiger charge is -2.35. The van der Waals surface area contributed by atoms with Gasteiger partial charge in [-0.2, -0.15) is 0 Å². The molecule has 1 rings (SSSR count). The Labute approximate surface area is 191 Å². The number of rotatable bonds is 9. The molecule has 0 spiro atoms. The van der Waals surface area contributed by atoms with E-state index in [0.717, 1.165) is 6.42 Å². The van der Waals surface area contributed by atoms with E-state index in [-0.39, 0.29) is 5.91 Å². The predicted molar refractivity (Wildman–Crippen MR) is 124 cm³/mol. The van der Waals surface area contributed by atoms with Gasteiger partial charge in [-0.1, -0.05) is 43.7 Å². The maximum atomic E-state index is 13.5. The van der Waals surface area contributed by atoms with E-state index < -0.39 is 41.8 Å². The number of nitrogens with zero attached hydrogens (tertiary/aromatic N) is 1. The van der Waals surface area contributed by atoms with Crippen LogP contribution in [0.3, 0.4) is 0 Å². The molecule has 0 aliphatic carbocycles. The molecule has 180 valence electrons. The standard InChI is InChI=1S/C24H39N3O5/c1-8-9-15-27(21(30)18(16-28)25-22(31)32-24(5,6)7)19(17-13-11-10-12-14-17)20(29)26-23(2,3)4/h10-14,18-19,28H,8-9,15-16H2,1-7H3,(H,25,31)(H,26,29). The highest BCUT2D eigenvalue weighted by molar-refractivity contribution is 5.92. The zero-order valence-corrected chi connectivity index (χ0v) is 20.4. The van der Waals surface area contributed by atoms with E-state index >= 15 is 0 Å². The molecule has 0 radical (unpaired) electrons. The number of nitrogens with one attached hydrogen (secondary N) is 2. The van der Waals surface area contributed by atoms with Crippen LogP contribution < -0.4 is 10.6 Å². The third-order valence-corrected chi connectivity index (χ3v) is 4.38. The SMILES string of the molecule is CCCCN(C(=O)C(CO)NC(=O)OC(C)(C)C)C(C(=O)NC(C)(C)C)c1ccccc1. The second-order valence-corrected chi connectivity index (χ2v) is 9.82. The van der Waals surface area contributed by atoms with Gasteiger partial charge in [0, 0.05) is 12.1 Å². The summed E-state index contributed by atoms with van der Waals surface area (Å²) in [4.78, 5) is 40.5. The molecule has 3 N–H and O–H groups in total. The molecule has 8 heteroatoms. The summed E-state index contributed by atoms with van der Waals surface area (Å²) in [5.41, 5.74) is -0.615. The maximum Gasteiger partial charge on any atom is 0.408 e. The van der Waals surface area contributed by atoms with Gasteiger partial charge in [0.15, 0.2) is 0 Å². The molecule has 3 amide bonds. The summed E-state index contributed by atoms with van der Waals surface area (Å²) in [6.07, 6.45) is 0.647. The number of alkyl carbamates (subject to hydrolysis) is 1. The van der Waals surface area contributed by atoms with E-state index in [9.17, 15) is 19.5 Å². The molecular weight excluding hydrogens is 410 g/mol. The van der Waals surface area contributed by atoms with E-state index in [1.807, 2.05) is 33.8 Å². The third kappa shape index (κ3) is 9.26. The molecule has 2 atom stereocenters. The van der Waals surface area contributed by atoms with Crippen molar-refractivity contribution in [1.82, 2.24) is 15.5 Å². The molecule has 0 saturated carbocycles. The Morgan fingerprint density at radius 2 is 1.66 bits per heavy atom. The molecular formula is C24H39N3O5. The molecule has 0 heterocycles. The van der Waals surface area contributed by atoms with Crippen molar-refractivity contribution in [2.24, 2.45) is 0 Å². The summed E-state index contributed by atoms with van der Waals surface area (Å²) < 4.78 is 5.23. The van der Waals surface area contributed by atoms with Crippen LogP contribution in [0.2, 0.25) is 0 Å². The molecule has 0 aliphatic rings. The molecule has 0 aliphatic heterocycles. The van der Waals surface area contributed by atoms with Crippen LogP contribution in [0.4, 0.5) is 4.79 Å². The van der Waals surface area contributed by atoms with Crippen molar-refractivity contribution in [1.29, 1.82) is 0 Å². The van der Waals surface area contributed by atoms with Gasteiger partial charge in [-0.25, -0.2) is 4.79 Å². The number of amides is 3. The minimum atomic E-state index is -1.24. The van der Waals surface area contributed by atoms with Crippen molar-refractivity contribution in [2.45, 2.75) is 84.5 Å². The Morgan fingerprint density at radius 1 is 1.06 bits per heavy atom. The van der Waals surface area contributed by atoms with E-state index in [4.69, 9.17) is 4.74 Å². The van der Waals surface area contributed by atoms with Gasteiger partial charge in [0.1, 0.15) is 17.7 Å². The predicted octanol–water partition coefficient (Wildman–Crippen LogP) is 3.16. The summed E-state index contributed by atoms with van der Waals surface area (Å²) in [6.45, 7) is 12.4. The van der Waals surface area contributed by atoms with E-state index in [0.29, 0.717) is 18.5 Å². The molecule has 2 unspecified atom stereocenters. The van der Waals surface area contributed by atoms with Crippen molar-refractivity contribution in [3.05, 3.63) is 35.9 Å². The Balaban J connectivity index is 3.31. The number of aliphatic hydroxyl groups excluding tert-OH is 1. The summed E-state index contributed by atoms with van der Waals surface area (Å²) in [6, 6.07) is 6.86. The van der Waals surface area contributed by atoms with Crippen LogP contribution in [-0.2, 0) is 14.3 Å². The molecule has 1 aromatic rings. The molecule has 0 saturated heterocycles. The minimum absolute atomic E-state index is 0.291. The maximum absolute atomic E-state index is 13.5. The van der Waals surface area contributed by atoms with Gasteiger partial charge < -0.3 is 25.4 Å². The number of aliphatic hydroxyl groups is 1. The lowest BCUT2D eigenvalue weighted by Crippen LogP contribution is -2.55. The van der Waals surface area contributed by atoms with Crippen LogP contribution in [0.5, 0.6) is 0 Å². The van der Waals surface area contributed by atoms with Crippen molar-refractivity contribution in [2.75, 3.05) is 13.2 Å². The lowest BCUT2D eigenvalue weighted by molar-refractivity contribution is -0.143. The fraction of sp³-hybridized carbons (Fsp3) is 0.625. The van der Waals surface area contributed by atoms with Crippen LogP contribution in [-0.4, -0.2) is 58.2 Å². The number of hydrogen-bond acceptors (Lipinski definition) is 5. The zero-order chi connectivity index (χ0) is 24.5. The van der Waals surface area contributed by atoms with Crippen LogP contribution in [0.15, 0.2) is 30.3 Å². The summed E-state index contributed by atoms with van der Waals surface area (Å²) in [7, 11) is 0. The van der Waals surface area contributed by atoms with Gasteiger partial charge in [0.2, 0.25) is 11.8 Å². The van der Waals surface area contributed by atoms with E-state index in [2.05, 4.69) is 10.6 Å². The van der Waals surface area contributed by atoms with Crippen molar-refractivity contribution < 1.29 is 24.2 Å². The number of ether oxygens (including phenoxy) is 1. The van der Waals surface area contributed by atoms with Crippen molar-refractivity contribution in [3.63, 3.8) is 0 Å². The molecule has 0 bridgehead atoms. The van der Waals surface area contributed by atoms with Crippen LogP contribution in [0, 0.1) is 0 Å². The summed E-state index contributed by atoms with van der Waals surface area (Å²) >= 11 is 0. The Morgan fingerprint density at radius 3 is 2.12 bits per heavy atom. The molecule has 32 heavy (non-hydrogen) atoms. The van der Waals surface area contributed by atoms with Crippen molar-refractivity contribution in [3.8, 4) is 0 Å². The quantitative estimate of drug-likeness (QED) is 0.537. The number of hydrogen-bond donors (Lipinski definition) is 3. The summed E-state index contributed by atoms with van der Waals surface area (Å²) in [5.74, 6) is -0.883. The smallest absolute Gasteiger partial charge is 0.408 e. The first-order valence-corrected chi connectivity index (χ1v) is 11.1. The Kier molecular flexibility index (Phi) is 10.2. The summed E-state index contributed by atoms with van der Waals surface area (Å²) in [5, 5.41) is 15.3. The second-order valence-electron chi connectivity index (χ2n) is 9.82. The third-order valence-electron chi connectivity index (χ3n) is 4.38. The van der Waals surface area contributed by atoms with Crippen LogP contribution in [0.25, 0.3) is 0 Å². The highest BCUT2D eigenvalue weighted by atomic mass is 16.6. The van der Waals surface area contributed by atoms with E-state index in [1.165, 1.54) is 4.90 Å². The molecule has 1 aromatic carbocycles. The number of benzene rings is 1. The molecule has 8 nitrogen and oxygen atoms in total. The molecule has 0 aromatic heterocycles. The van der Waals surface area contributed by atoms with Gasteiger partial charge in [-0.3, -0.25) is 9.59 Å². The van der Waals surface area contributed by atoms with E-state index in [1.54, 1.807) is 45.0 Å². The second kappa shape index (κ2) is 11.9. The number of carbonyl (C=O) groups is 3. The average Bonchev–Trinajstić information content (AvgIpc) is 2.66. The van der Waals surface area contributed by atoms with Gasteiger partial charge in [0.05, 0.1) is 6.61 Å². The first-order chi connectivity index (χ1) is 14.8. The normalized spacial score (nSPS) is 13.6. The first-order valence-electron chi connectivity index (χ1n) is 11.1. The van der Waals surface area contributed by atoms with Gasteiger partial charge in [-0.15, -0.1) is 0 Å². The fourth-order valence-corrected chi connectivity index (χ4v) is 3.08. The number of carbonyl (C=O) groups excluding carboxylic acids is 3. The van der Waals surface area contributed by atoms with Crippen molar-refractivity contribution >= 4 is 17.9 Å². The minimum Gasteiger partial charge on any atom is -0.444 e. The monoisotopic (exact) mass is 449 g/mol. The highest BCUT2D eigenvalue weighted by Gasteiger charge is 2.36. The fourth-order valence-electron chi connectivity index (χ4n) is 3.08. The van der Waals surface area contributed by atoms with Gasteiger partial charge in [0.25, 0.3) is 0 Å². The Bertz CT molecular complexity index is 753. The van der Waals surface area contributed by atoms with Crippen LogP contribution >= 0.6 is 0 Å². The first kappa shape index (κ1) is 27.4. The van der Waals surface area contributed by atoms with Gasteiger partial charge in [-0.05, 0) is 53.5 Å². The topological polar surface area (TPSA) is 108 Å². The largest absolute Gasteiger partial charge is 0.444 e. The Hall–Kier alpha value is -2.61. The number of unbranched alkanes of at least 4 members (excludes halogenated alkanes) is 1. The van der Waals surface area contributed by atoms with Gasteiger partial charge >= 0.3 is 6.09 Å². The molecule has 0 fully saturated rings.